The number of hydrogen-bond donors (Lipinski definition) is 4. The van der Waals surface area contributed by atoms with Crippen molar-refractivity contribution in [1.29, 1.82) is 0 Å². The lowest BCUT2D eigenvalue weighted by atomic mass is 10.2. The average Bonchev–Trinajstić information content (AvgIpc) is 3.64. The van der Waals surface area contributed by atoms with Crippen molar-refractivity contribution in [3.63, 3.8) is 0 Å². The molecule has 0 saturated heterocycles. The fourth-order valence-electron chi connectivity index (χ4n) is 2.49. The first-order valence-corrected chi connectivity index (χ1v) is 13.9. The van der Waals surface area contributed by atoms with Gasteiger partial charge in [-0.15, -0.1) is 22.7 Å². The fraction of sp³-hybridized carbons (Fsp3) is 0.429. The highest BCUT2D eigenvalue weighted by Gasteiger charge is 2.12. The Morgan fingerprint density at radius 2 is 1.13 bits per heavy atom. The van der Waals surface area contributed by atoms with Gasteiger partial charge in [-0.05, 0) is 22.9 Å². The number of thiophene rings is 2. The molecule has 2 amide bonds. The molecule has 10 heteroatoms. The molecule has 4 aromatic heterocycles. The third-order valence-corrected chi connectivity index (χ3v) is 5.69. The summed E-state index contributed by atoms with van der Waals surface area (Å²) in [5, 5.41) is 9.05. The molecule has 0 bridgehead atoms. The lowest BCUT2D eigenvalue weighted by Gasteiger charge is -1.98. The van der Waals surface area contributed by atoms with Gasteiger partial charge < -0.3 is 20.6 Å². The van der Waals surface area contributed by atoms with Gasteiger partial charge in [-0.25, -0.2) is 0 Å². The number of aromatic amines is 2. The van der Waals surface area contributed by atoms with Crippen molar-refractivity contribution >= 4 is 54.9 Å². The molecular weight excluding hydrogens is 520 g/mol. The summed E-state index contributed by atoms with van der Waals surface area (Å²) in [7, 11) is 3.00. The Bertz CT molecular complexity index is 1190. The molecule has 4 N–H and O–H groups in total. The summed E-state index contributed by atoms with van der Waals surface area (Å²) in [5.41, 5.74) is 0.640. The predicted molar refractivity (Wildman–Crippen MR) is 171 cm³/mol. The van der Waals surface area contributed by atoms with Gasteiger partial charge in [-0.3, -0.25) is 19.2 Å². The number of pyridine rings is 2. The van der Waals surface area contributed by atoms with E-state index in [0.29, 0.717) is 10.1 Å². The Balaban J connectivity index is -0.000000231. The summed E-state index contributed by atoms with van der Waals surface area (Å²) < 4.78 is 0.589. The monoisotopic (exact) mass is 568 g/mol. The minimum Gasteiger partial charge on any atom is -0.359 e. The number of carbonyl (C=O) groups excluding carboxylic acids is 2. The minimum atomic E-state index is -0.362. The Morgan fingerprint density at radius 1 is 0.684 bits per heavy atom. The number of nitrogens with one attached hydrogen (secondary N) is 4. The number of amides is 2. The first-order chi connectivity index (χ1) is 17.5. The number of aromatic nitrogens is 2. The van der Waals surface area contributed by atoms with E-state index in [0.717, 1.165) is 10.3 Å². The lowest BCUT2D eigenvalue weighted by Crippen LogP contribution is -2.25. The van der Waals surface area contributed by atoms with Gasteiger partial charge in [0.15, 0.2) is 0 Å². The molecule has 4 aromatic rings. The van der Waals surface area contributed by atoms with Crippen molar-refractivity contribution in [2.24, 2.45) is 0 Å². The van der Waals surface area contributed by atoms with Crippen LogP contribution in [-0.2, 0) is 0 Å². The normalized spacial score (nSPS) is 8.26. The first kappa shape index (κ1) is 41.9. The number of hydrogen-bond acceptors (Lipinski definition) is 6. The second-order valence-corrected chi connectivity index (χ2v) is 7.38. The number of H-pyrrole nitrogens is 2. The van der Waals surface area contributed by atoms with Crippen LogP contribution in [0.1, 0.15) is 91.0 Å². The molecule has 4 rings (SSSR count). The molecular formula is C28H48N4O4S2. The molecule has 0 aliphatic rings. The molecule has 8 nitrogen and oxygen atoms in total. The van der Waals surface area contributed by atoms with Gasteiger partial charge in [0, 0.05) is 26.5 Å². The summed E-state index contributed by atoms with van der Waals surface area (Å²) in [5.74, 6) is -0.721. The van der Waals surface area contributed by atoms with Gasteiger partial charge in [0.1, 0.15) is 16.0 Å². The number of rotatable bonds is 2. The zero-order chi connectivity index (χ0) is 28.3. The van der Waals surface area contributed by atoms with Gasteiger partial charge in [-0.2, -0.15) is 0 Å². The highest BCUT2D eigenvalue weighted by Crippen LogP contribution is 2.15. The van der Waals surface area contributed by atoms with Crippen molar-refractivity contribution in [3.8, 4) is 0 Å². The van der Waals surface area contributed by atoms with Crippen LogP contribution in [0.2, 0.25) is 0 Å². The maximum absolute atomic E-state index is 11.7. The molecule has 0 saturated carbocycles. The van der Waals surface area contributed by atoms with Crippen LogP contribution in [0.5, 0.6) is 0 Å². The molecule has 0 aromatic carbocycles. The third-order valence-electron chi connectivity index (χ3n) is 3.93. The van der Waals surface area contributed by atoms with Crippen LogP contribution in [0.25, 0.3) is 20.4 Å². The molecule has 0 unspecified atom stereocenters. The summed E-state index contributed by atoms with van der Waals surface area (Å²) in [6, 6.07) is 3.53. The van der Waals surface area contributed by atoms with Crippen LogP contribution in [0.15, 0.2) is 44.9 Å². The lowest BCUT2D eigenvalue weighted by molar-refractivity contribution is 0.0954. The highest BCUT2D eigenvalue weighted by atomic mass is 32.1. The van der Waals surface area contributed by atoms with E-state index in [1.807, 2.05) is 72.2 Å². The SMILES string of the molecule is C.C.CC.CC.CC.CC.CNC(=O)c1c[nH]c2ccsc2c1=O.CNC(=O)c1c[nH]c2sccc2c1=O. The fourth-order valence-corrected chi connectivity index (χ4v) is 4.06. The van der Waals surface area contributed by atoms with Crippen molar-refractivity contribution in [2.75, 3.05) is 14.1 Å². The van der Waals surface area contributed by atoms with Crippen LogP contribution in [0.3, 0.4) is 0 Å². The molecule has 0 aliphatic carbocycles. The molecule has 216 valence electrons. The molecule has 0 spiro atoms. The maximum Gasteiger partial charge on any atom is 0.256 e. The Morgan fingerprint density at radius 3 is 1.63 bits per heavy atom. The van der Waals surface area contributed by atoms with Crippen LogP contribution in [-0.4, -0.2) is 35.9 Å². The highest BCUT2D eigenvalue weighted by molar-refractivity contribution is 7.17. The smallest absolute Gasteiger partial charge is 0.256 e. The van der Waals surface area contributed by atoms with E-state index >= 15 is 0 Å². The Hall–Kier alpha value is -3.24. The molecule has 0 aliphatic heterocycles. The zero-order valence-corrected chi connectivity index (χ0v) is 24.5. The molecule has 0 radical (unpaired) electrons. The van der Waals surface area contributed by atoms with E-state index in [2.05, 4.69) is 20.6 Å². The van der Waals surface area contributed by atoms with Crippen molar-refractivity contribution in [3.05, 3.63) is 66.9 Å². The van der Waals surface area contributed by atoms with E-state index in [1.165, 1.54) is 49.2 Å². The van der Waals surface area contributed by atoms with E-state index < -0.39 is 0 Å². The van der Waals surface area contributed by atoms with Crippen LogP contribution in [0.4, 0.5) is 0 Å². The predicted octanol–water partition coefficient (Wildman–Crippen LogP) is 7.28. The van der Waals surface area contributed by atoms with E-state index in [9.17, 15) is 19.2 Å². The summed E-state index contributed by atoms with van der Waals surface area (Å²) in [6.45, 7) is 16.0. The van der Waals surface area contributed by atoms with Crippen molar-refractivity contribution in [1.82, 2.24) is 20.6 Å². The van der Waals surface area contributed by atoms with Gasteiger partial charge in [0.05, 0.1) is 15.6 Å². The molecule has 0 atom stereocenters. The quantitative estimate of drug-likeness (QED) is 0.203. The number of carbonyl (C=O) groups is 2. The van der Waals surface area contributed by atoms with Gasteiger partial charge in [0.25, 0.3) is 11.8 Å². The zero-order valence-electron chi connectivity index (χ0n) is 22.9. The Kier molecular flexibility index (Phi) is 26.6. The van der Waals surface area contributed by atoms with Crippen LogP contribution in [0, 0.1) is 0 Å². The number of fused-ring (bicyclic) bond motifs is 2. The maximum atomic E-state index is 11.7. The van der Waals surface area contributed by atoms with Crippen LogP contribution >= 0.6 is 22.7 Å². The van der Waals surface area contributed by atoms with Crippen molar-refractivity contribution in [2.45, 2.75) is 70.2 Å². The van der Waals surface area contributed by atoms with E-state index in [-0.39, 0.29) is 48.7 Å². The second kappa shape index (κ2) is 24.1. The average molecular weight is 569 g/mol. The van der Waals surface area contributed by atoms with Gasteiger partial charge in [0.2, 0.25) is 10.9 Å². The molecule has 4 heterocycles. The topological polar surface area (TPSA) is 124 Å². The van der Waals surface area contributed by atoms with E-state index in [1.54, 1.807) is 6.07 Å². The van der Waals surface area contributed by atoms with E-state index in [4.69, 9.17) is 0 Å². The van der Waals surface area contributed by atoms with Crippen LogP contribution < -0.4 is 21.5 Å². The molecule has 38 heavy (non-hydrogen) atoms. The summed E-state index contributed by atoms with van der Waals surface area (Å²) in [4.78, 5) is 52.6. The van der Waals surface area contributed by atoms with Gasteiger partial charge in [-0.1, -0.05) is 70.2 Å². The standard InChI is InChI=1S/2C9H8N2O2S.4C2H6.2CH4/c1-10-9(13)5-4-11-6-2-3-14-8(6)7(5)12;1-10-8(13)6-4-11-9-5(7(6)12)2-3-14-9;4*1-2;;/h2*2-4H,1H3,(H,10,13)(H,11,12);4*1-2H3;2*1H4. The summed E-state index contributed by atoms with van der Waals surface area (Å²) >= 11 is 2.77. The molecule has 0 fully saturated rings. The van der Waals surface area contributed by atoms with Gasteiger partial charge >= 0.3 is 0 Å². The minimum absolute atomic E-state index is 0. The Labute approximate surface area is 235 Å². The summed E-state index contributed by atoms with van der Waals surface area (Å²) in [6.07, 6.45) is 2.89. The third kappa shape index (κ3) is 11.0. The largest absolute Gasteiger partial charge is 0.359 e. The van der Waals surface area contributed by atoms with Crippen molar-refractivity contribution < 1.29 is 9.59 Å². The first-order valence-electron chi connectivity index (χ1n) is 12.1. The second-order valence-electron chi connectivity index (χ2n) is 5.55.